The van der Waals surface area contributed by atoms with Gasteiger partial charge >= 0.3 is 0 Å². The van der Waals surface area contributed by atoms with Crippen LogP contribution in [0, 0.1) is 17.6 Å². The summed E-state index contributed by atoms with van der Waals surface area (Å²) >= 11 is 0. The van der Waals surface area contributed by atoms with Crippen LogP contribution in [-0.4, -0.2) is 38.6 Å². The summed E-state index contributed by atoms with van der Waals surface area (Å²) in [6.45, 7) is 1.04. The van der Waals surface area contributed by atoms with Crippen LogP contribution >= 0.6 is 0 Å². The van der Waals surface area contributed by atoms with Gasteiger partial charge in [-0.25, -0.2) is 8.78 Å². The third-order valence-corrected chi connectivity index (χ3v) is 3.78. The van der Waals surface area contributed by atoms with Crippen LogP contribution in [0.4, 0.5) is 8.78 Å². The Morgan fingerprint density at radius 3 is 2.57 bits per heavy atom. The van der Waals surface area contributed by atoms with E-state index in [0.717, 1.165) is 0 Å². The summed E-state index contributed by atoms with van der Waals surface area (Å²) in [5, 5.41) is 5.27. The molecule has 0 spiro atoms. The molecule has 126 valence electrons. The molecule has 1 aromatic carbocycles. The number of carbonyl (C=O) groups excluding carboxylic acids is 2. The molecule has 0 radical (unpaired) electrons. The summed E-state index contributed by atoms with van der Waals surface area (Å²) in [6.07, 6.45) is 0.574. The van der Waals surface area contributed by atoms with Crippen LogP contribution in [0.5, 0.6) is 0 Å². The Morgan fingerprint density at radius 2 is 1.91 bits per heavy atom. The minimum Gasteiger partial charge on any atom is -0.383 e. The Morgan fingerprint density at radius 1 is 1.22 bits per heavy atom. The summed E-state index contributed by atoms with van der Waals surface area (Å²) < 4.78 is 32.1. The van der Waals surface area contributed by atoms with E-state index in [9.17, 15) is 18.4 Å². The van der Waals surface area contributed by atoms with Crippen molar-refractivity contribution in [2.75, 3.05) is 26.8 Å². The van der Waals surface area contributed by atoms with E-state index < -0.39 is 23.5 Å². The van der Waals surface area contributed by atoms with E-state index in [4.69, 9.17) is 4.74 Å². The second-order valence-corrected chi connectivity index (χ2v) is 5.47. The van der Waals surface area contributed by atoms with E-state index in [1.54, 1.807) is 0 Å². The Bertz CT molecular complexity index is 560. The van der Waals surface area contributed by atoms with Crippen molar-refractivity contribution in [3.63, 3.8) is 0 Å². The van der Waals surface area contributed by atoms with Gasteiger partial charge in [0.15, 0.2) is 0 Å². The number of ether oxygens (including phenoxy) is 1. The molecule has 0 bridgehead atoms. The van der Waals surface area contributed by atoms with Crippen molar-refractivity contribution < 1.29 is 23.1 Å². The lowest BCUT2D eigenvalue weighted by Crippen LogP contribution is -2.33. The van der Waals surface area contributed by atoms with Gasteiger partial charge in [0.25, 0.3) is 0 Å². The van der Waals surface area contributed by atoms with Gasteiger partial charge in [0.05, 0.1) is 6.61 Å². The third kappa shape index (κ3) is 4.72. The summed E-state index contributed by atoms with van der Waals surface area (Å²) in [7, 11) is 1.54. The average Bonchev–Trinajstić information content (AvgIpc) is 3.27. The SMILES string of the molecule is COCCNC(=O)CCNC(=O)C1CC1c1c(F)cccc1F. The topological polar surface area (TPSA) is 67.4 Å². The van der Waals surface area contributed by atoms with Gasteiger partial charge in [-0.3, -0.25) is 9.59 Å². The minimum absolute atomic E-state index is 0.0232. The molecule has 1 saturated carbocycles. The lowest BCUT2D eigenvalue weighted by Gasteiger charge is -2.07. The van der Waals surface area contributed by atoms with Gasteiger partial charge < -0.3 is 15.4 Å². The number of carbonyl (C=O) groups is 2. The molecular formula is C16H20F2N2O3. The van der Waals surface area contributed by atoms with Crippen molar-refractivity contribution in [3.8, 4) is 0 Å². The van der Waals surface area contributed by atoms with Crippen LogP contribution in [0.25, 0.3) is 0 Å². The molecule has 2 unspecified atom stereocenters. The maximum atomic E-state index is 13.6. The molecule has 0 aliphatic heterocycles. The lowest BCUT2D eigenvalue weighted by atomic mass is 10.1. The van der Waals surface area contributed by atoms with Crippen molar-refractivity contribution >= 4 is 11.8 Å². The molecule has 1 aliphatic carbocycles. The molecule has 23 heavy (non-hydrogen) atoms. The van der Waals surface area contributed by atoms with Crippen LogP contribution < -0.4 is 10.6 Å². The van der Waals surface area contributed by atoms with Crippen molar-refractivity contribution in [1.82, 2.24) is 10.6 Å². The normalized spacial score (nSPS) is 19.3. The monoisotopic (exact) mass is 326 g/mol. The zero-order valence-electron chi connectivity index (χ0n) is 12.9. The molecule has 0 saturated heterocycles. The second kappa shape index (κ2) is 8.01. The van der Waals surface area contributed by atoms with E-state index in [2.05, 4.69) is 10.6 Å². The van der Waals surface area contributed by atoms with E-state index >= 15 is 0 Å². The molecule has 2 rings (SSSR count). The van der Waals surface area contributed by atoms with Gasteiger partial charge in [-0.05, 0) is 18.6 Å². The quantitative estimate of drug-likeness (QED) is 0.709. The number of amides is 2. The minimum atomic E-state index is -0.622. The number of benzene rings is 1. The highest BCUT2D eigenvalue weighted by Crippen LogP contribution is 2.49. The predicted octanol–water partition coefficient (Wildman–Crippen LogP) is 1.34. The number of halogens is 2. The molecule has 2 N–H and O–H groups in total. The molecule has 2 amide bonds. The van der Waals surface area contributed by atoms with E-state index in [1.165, 1.54) is 25.3 Å². The number of hydrogen-bond acceptors (Lipinski definition) is 3. The van der Waals surface area contributed by atoms with Crippen LogP contribution in [0.3, 0.4) is 0 Å². The van der Waals surface area contributed by atoms with Gasteiger partial charge in [0.1, 0.15) is 11.6 Å². The first kappa shape index (κ1) is 17.3. The highest BCUT2D eigenvalue weighted by atomic mass is 19.1. The van der Waals surface area contributed by atoms with Crippen LogP contribution in [0.15, 0.2) is 18.2 Å². The van der Waals surface area contributed by atoms with Crippen LogP contribution in [0.1, 0.15) is 24.3 Å². The number of hydrogen-bond donors (Lipinski definition) is 2. The largest absolute Gasteiger partial charge is 0.383 e. The average molecular weight is 326 g/mol. The highest BCUT2D eigenvalue weighted by molar-refractivity contribution is 5.83. The molecule has 7 heteroatoms. The molecule has 2 atom stereocenters. The Kier molecular flexibility index (Phi) is 6.04. The molecule has 1 fully saturated rings. The van der Waals surface area contributed by atoms with Crippen LogP contribution in [-0.2, 0) is 14.3 Å². The van der Waals surface area contributed by atoms with Crippen molar-refractivity contribution in [3.05, 3.63) is 35.4 Å². The smallest absolute Gasteiger partial charge is 0.223 e. The highest BCUT2D eigenvalue weighted by Gasteiger charge is 2.46. The Hall–Kier alpha value is -2.02. The fourth-order valence-electron chi connectivity index (χ4n) is 2.48. The fraction of sp³-hybridized carbons (Fsp3) is 0.500. The summed E-state index contributed by atoms with van der Waals surface area (Å²) in [4.78, 5) is 23.4. The predicted molar refractivity (Wildman–Crippen MR) is 79.7 cm³/mol. The first-order valence-electron chi connectivity index (χ1n) is 7.51. The van der Waals surface area contributed by atoms with Gasteiger partial charge in [-0.2, -0.15) is 0 Å². The molecule has 0 aromatic heterocycles. The fourth-order valence-corrected chi connectivity index (χ4v) is 2.48. The first-order valence-corrected chi connectivity index (χ1v) is 7.51. The number of rotatable bonds is 8. The third-order valence-electron chi connectivity index (χ3n) is 3.78. The van der Waals surface area contributed by atoms with E-state index in [1.807, 2.05) is 0 Å². The summed E-state index contributed by atoms with van der Waals surface area (Å²) in [6, 6.07) is 3.68. The number of nitrogens with one attached hydrogen (secondary N) is 2. The standard InChI is InChI=1S/C16H20F2N2O3/c1-23-8-7-19-14(21)5-6-20-16(22)11-9-10(11)15-12(17)3-2-4-13(15)18/h2-4,10-11H,5-9H2,1H3,(H,19,21)(H,20,22). The van der Waals surface area contributed by atoms with Crippen molar-refractivity contribution in [1.29, 1.82) is 0 Å². The molecule has 1 aliphatic rings. The van der Waals surface area contributed by atoms with Crippen molar-refractivity contribution in [2.24, 2.45) is 5.92 Å². The van der Waals surface area contributed by atoms with E-state index in [-0.39, 0.29) is 30.3 Å². The van der Waals surface area contributed by atoms with Gasteiger partial charge in [0.2, 0.25) is 11.8 Å². The summed E-state index contributed by atoms with van der Waals surface area (Å²) in [5.74, 6) is -2.56. The molecule has 1 aromatic rings. The Balaban J connectivity index is 1.73. The maximum absolute atomic E-state index is 13.6. The molecule has 5 nitrogen and oxygen atoms in total. The van der Waals surface area contributed by atoms with Gasteiger partial charge in [-0.1, -0.05) is 6.07 Å². The van der Waals surface area contributed by atoms with Crippen LogP contribution in [0.2, 0.25) is 0 Å². The zero-order chi connectivity index (χ0) is 16.8. The number of methoxy groups -OCH3 is 1. The Labute approximate surface area is 133 Å². The second-order valence-electron chi connectivity index (χ2n) is 5.47. The maximum Gasteiger partial charge on any atom is 0.223 e. The van der Waals surface area contributed by atoms with Gasteiger partial charge in [-0.15, -0.1) is 0 Å². The van der Waals surface area contributed by atoms with Gasteiger partial charge in [0, 0.05) is 44.0 Å². The first-order chi connectivity index (χ1) is 11.0. The molecular weight excluding hydrogens is 306 g/mol. The molecule has 0 heterocycles. The summed E-state index contributed by atoms with van der Waals surface area (Å²) in [5.41, 5.74) is -0.0232. The lowest BCUT2D eigenvalue weighted by molar-refractivity contribution is -0.123. The zero-order valence-corrected chi connectivity index (χ0v) is 12.9. The van der Waals surface area contributed by atoms with E-state index in [0.29, 0.717) is 19.6 Å². The van der Waals surface area contributed by atoms with Crippen molar-refractivity contribution in [2.45, 2.75) is 18.8 Å².